The number of benzene rings is 2. The number of halogens is 2. The molecule has 4 aromatic rings. The quantitative estimate of drug-likeness (QED) is 0.562. The fourth-order valence-electron chi connectivity index (χ4n) is 2.63. The minimum absolute atomic E-state index is 0.000912. The molecule has 2 aromatic carbocycles. The van der Waals surface area contributed by atoms with Crippen LogP contribution in [0.2, 0.25) is 0 Å². The van der Waals surface area contributed by atoms with Crippen molar-refractivity contribution in [2.75, 3.05) is 5.32 Å². The molecule has 0 aliphatic heterocycles. The summed E-state index contributed by atoms with van der Waals surface area (Å²) in [6.45, 7) is 0. The van der Waals surface area contributed by atoms with Crippen LogP contribution in [0.3, 0.4) is 0 Å². The van der Waals surface area contributed by atoms with Crippen molar-refractivity contribution in [3.8, 4) is 0 Å². The highest BCUT2D eigenvalue weighted by molar-refractivity contribution is 6.04. The van der Waals surface area contributed by atoms with E-state index in [1.807, 2.05) is 0 Å². The molecular formula is C20H13F2N5O. The maximum Gasteiger partial charge on any atom is 0.275 e. The lowest BCUT2D eigenvalue weighted by atomic mass is 10.1. The molecule has 28 heavy (non-hydrogen) atoms. The number of nitrogens with one attached hydrogen (secondary N) is 2. The third-order valence-electron chi connectivity index (χ3n) is 4.03. The number of aromatic amines is 1. The van der Waals surface area contributed by atoms with Gasteiger partial charge in [-0.15, -0.1) is 0 Å². The lowest BCUT2D eigenvalue weighted by Gasteiger charge is -2.06. The molecule has 0 radical (unpaired) electrons. The molecule has 2 heterocycles. The molecule has 0 spiro atoms. The molecule has 0 saturated heterocycles. The highest BCUT2D eigenvalue weighted by Crippen LogP contribution is 2.25. The molecule has 0 aliphatic rings. The summed E-state index contributed by atoms with van der Waals surface area (Å²) in [5.41, 5.74) is 1.89. The molecule has 2 N–H and O–H groups in total. The van der Waals surface area contributed by atoms with E-state index >= 15 is 0 Å². The Labute approximate surface area is 158 Å². The van der Waals surface area contributed by atoms with Gasteiger partial charge in [0.2, 0.25) is 0 Å². The first-order chi connectivity index (χ1) is 13.6. The smallest absolute Gasteiger partial charge is 0.275 e. The van der Waals surface area contributed by atoms with Crippen LogP contribution in [0, 0.1) is 11.6 Å². The molecule has 2 aromatic heterocycles. The Balaban J connectivity index is 1.64. The summed E-state index contributed by atoms with van der Waals surface area (Å²) in [6, 6.07) is 8.73. The number of carbonyl (C=O) groups is 1. The molecule has 0 atom stereocenters. The minimum atomic E-state index is -0.609. The zero-order chi connectivity index (χ0) is 19.5. The number of rotatable bonds is 4. The van der Waals surface area contributed by atoms with E-state index in [-0.39, 0.29) is 17.2 Å². The second-order valence-electron chi connectivity index (χ2n) is 5.92. The molecule has 4 rings (SSSR count). The number of carbonyl (C=O) groups excluding carboxylic acids is 1. The summed E-state index contributed by atoms with van der Waals surface area (Å²) < 4.78 is 27.3. The molecule has 0 unspecified atom stereocenters. The molecule has 8 heteroatoms. The maximum absolute atomic E-state index is 14.3. The lowest BCUT2D eigenvalue weighted by molar-refractivity contribution is 0.102. The predicted molar refractivity (Wildman–Crippen MR) is 101 cm³/mol. The standard InChI is InChI=1S/C20H13F2N5O/c21-13-4-1-12(2-5-13)3-6-16-14-9-18(15(22)10-17(14)27-26-16)25-20(28)19-11-23-7-8-24-19/h1-11H,(H,25,28)(H,26,27). The van der Waals surface area contributed by atoms with Crippen LogP contribution in [0.4, 0.5) is 14.5 Å². The van der Waals surface area contributed by atoms with Gasteiger partial charge < -0.3 is 5.32 Å². The van der Waals surface area contributed by atoms with Gasteiger partial charge in [-0.25, -0.2) is 13.8 Å². The van der Waals surface area contributed by atoms with Gasteiger partial charge in [-0.1, -0.05) is 18.2 Å². The van der Waals surface area contributed by atoms with E-state index in [0.717, 1.165) is 5.56 Å². The highest BCUT2D eigenvalue weighted by Gasteiger charge is 2.14. The van der Waals surface area contributed by atoms with E-state index < -0.39 is 11.7 Å². The Hall–Kier alpha value is -3.94. The molecule has 0 bridgehead atoms. The van der Waals surface area contributed by atoms with E-state index in [1.54, 1.807) is 24.3 Å². The van der Waals surface area contributed by atoms with Gasteiger partial charge in [0.1, 0.15) is 17.3 Å². The van der Waals surface area contributed by atoms with Crippen molar-refractivity contribution >= 4 is 34.6 Å². The number of H-pyrrole nitrogens is 1. The first kappa shape index (κ1) is 17.5. The van der Waals surface area contributed by atoms with Crippen LogP contribution >= 0.6 is 0 Å². The highest BCUT2D eigenvalue weighted by atomic mass is 19.1. The first-order valence-electron chi connectivity index (χ1n) is 8.29. The fourth-order valence-corrected chi connectivity index (χ4v) is 2.63. The lowest BCUT2D eigenvalue weighted by Crippen LogP contribution is -2.14. The predicted octanol–water partition coefficient (Wildman–Crippen LogP) is 4.05. The number of hydrogen-bond donors (Lipinski definition) is 2. The van der Waals surface area contributed by atoms with Crippen molar-refractivity contribution in [3.63, 3.8) is 0 Å². The average molecular weight is 377 g/mol. The number of fused-ring (bicyclic) bond motifs is 1. The first-order valence-corrected chi connectivity index (χ1v) is 8.29. The van der Waals surface area contributed by atoms with Crippen LogP contribution in [0.15, 0.2) is 55.0 Å². The van der Waals surface area contributed by atoms with Crippen molar-refractivity contribution in [1.82, 2.24) is 20.2 Å². The van der Waals surface area contributed by atoms with Crippen molar-refractivity contribution in [1.29, 1.82) is 0 Å². The fraction of sp³-hybridized carbons (Fsp3) is 0. The second kappa shape index (κ2) is 7.36. The van der Waals surface area contributed by atoms with Crippen LogP contribution in [0.1, 0.15) is 21.7 Å². The molecule has 0 fully saturated rings. The number of hydrogen-bond acceptors (Lipinski definition) is 4. The van der Waals surface area contributed by atoms with Crippen molar-refractivity contribution < 1.29 is 13.6 Å². The maximum atomic E-state index is 14.3. The molecule has 0 aliphatic carbocycles. The molecular weight excluding hydrogens is 364 g/mol. The summed E-state index contributed by atoms with van der Waals surface area (Å²) in [7, 11) is 0. The third-order valence-corrected chi connectivity index (χ3v) is 4.03. The Morgan fingerprint density at radius 2 is 1.89 bits per heavy atom. The zero-order valence-corrected chi connectivity index (χ0v) is 14.4. The van der Waals surface area contributed by atoms with Gasteiger partial charge in [0, 0.05) is 23.8 Å². The van der Waals surface area contributed by atoms with E-state index in [4.69, 9.17) is 0 Å². The number of aromatic nitrogens is 4. The van der Waals surface area contributed by atoms with Crippen LogP contribution in [-0.2, 0) is 0 Å². The van der Waals surface area contributed by atoms with E-state index in [1.165, 1.54) is 42.9 Å². The van der Waals surface area contributed by atoms with Crippen LogP contribution in [0.25, 0.3) is 23.1 Å². The van der Waals surface area contributed by atoms with Gasteiger partial charge in [-0.3, -0.25) is 14.9 Å². The Morgan fingerprint density at radius 1 is 1.07 bits per heavy atom. The zero-order valence-electron chi connectivity index (χ0n) is 14.4. The Morgan fingerprint density at radius 3 is 2.64 bits per heavy atom. The van der Waals surface area contributed by atoms with Gasteiger partial charge in [-0.05, 0) is 29.8 Å². The topological polar surface area (TPSA) is 83.6 Å². The molecule has 0 saturated carbocycles. The van der Waals surface area contributed by atoms with E-state index in [0.29, 0.717) is 16.6 Å². The van der Waals surface area contributed by atoms with Gasteiger partial charge in [0.05, 0.1) is 23.1 Å². The van der Waals surface area contributed by atoms with Crippen molar-refractivity contribution in [2.45, 2.75) is 0 Å². The van der Waals surface area contributed by atoms with Gasteiger partial charge in [0.15, 0.2) is 0 Å². The summed E-state index contributed by atoms with van der Waals surface area (Å²) in [5.74, 6) is -1.50. The van der Waals surface area contributed by atoms with Crippen LogP contribution in [0.5, 0.6) is 0 Å². The van der Waals surface area contributed by atoms with Gasteiger partial charge >= 0.3 is 0 Å². The van der Waals surface area contributed by atoms with Gasteiger partial charge in [0.25, 0.3) is 5.91 Å². The van der Waals surface area contributed by atoms with E-state index in [2.05, 4.69) is 25.5 Å². The summed E-state index contributed by atoms with van der Waals surface area (Å²) in [6.07, 6.45) is 7.59. The van der Waals surface area contributed by atoms with Gasteiger partial charge in [-0.2, -0.15) is 5.10 Å². The summed E-state index contributed by atoms with van der Waals surface area (Å²) >= 11 is 0. The summed E-state index contributed by atoms with van der Waals surface area (Å²) in [5, 5.41) is 10.0. The molecule has 6 nitrogen and oxygen atoms in total. The number of amides is 1. The number of nitrogens with zero attached hydrogens (tertiary/aromatic N) is 3. The minimum Gasteiger partial charge on any atom is -0.318 e. The Kier molecular flexibility index (Phi) is 4.59. The normalized spacial score (nSPS) is 11.2. The SMILES string of the molecule is O=C(Nc1cc2c(C=Cc3ccc(F)cc3)n[nH]c2cc1F)c1cnccn1. The molecule has 138 valence electrons. The monoisotopic (exact) mass is 377 g/mol. The van der Waals surface area contributed by atoms with Crippen LogP contribution in [-0.4, -0.2) is 26.1 Å². The number of anilines is 1. The van der Waals surface area contributed by atoms with Crippen molar-refractivity contribution in [3.05, 3.63) is 83.6 Å². The van der Waals surface area contributed by atoms with Crippen LogP contribution < -0.4 is 5.32 Å². The second-order valence-corrected chi connectivity index (χ2v) is 5.92. The average Bonchev–Trinajstić information content (AvgIpc) is 3.10. The largest absolute Gasteiger partial charge is 0.318 e. The van der Waals surface area contributed by atoms with E-state index in [9.17, 15) is 13.6 Å². The third kappa shape index (κ3) is 3.61. The molecule has 1 amide bonds. The van der Waals surface area contributed by atoms with Crippen molar-refractivity contribution in [2.24, 2.45) is 0 Å². The Bertz CT molecular complexity index is 1170. The summed E-state index contributed by atoms with van der Waals surface area (Å²) in [4.78, 5) is 19.9.